The van der Waals surface area contributed by atoms with Gasteiger partial charge in [0.05, 0.1) is 7.11 Å². The van der Waals surface area contributed by atoms with Crippen LogP contribution in [-0.2, 0) is 25.6 Å². The number of amides is 2. The van der Waals surface area contributed by atoms with Crippen LogP contribution in [0.2, 0.25) is 0 Å². The molecule has 212 valence electrons. The molecule has 3 aromatic carbocycles. The van der Waals surface area contributed by atoms with Gasteiger partial charge < -0.3 is 24.4 Å². The van der Waals surface area contributed by atoms with E-state index in [0.717, 1.165) is 23.1 Å². The van der Waals surface area contributed by atoms with Crippen LogP contribution in [0.25, 0.3) is 11.1 Å². The molecule has 2 aliphatic heterocycles. The van der Waals surface area contributed by atoms with E-state index in [9.17, 15) is 14.4 Å². The number of hydrogen-bond acceptors (Lipinski definition) is 6. The number of carbonyl (C=O) groups is 3. The minimum Gasteiger partial charge on any atom is -0.467 e. The molecule has 6 rings (SSSR count). The molecule has 0 aromatic heterocycles. The van der Waals surface area contributed by atoms with Crippen LogP contribution in [0.4, 0.5) is 9.59 Å². The summed E-state index contributed by atoms with van der Waals surface area (Å²) < 4.78 is 16.6. The fourth-order valence-electron chi connectivity index (χ4n) is 6.89. The van der Waals surface area contributed by atoms with Gasteiger partial charge in [-0.05, 0) is 47.1 Å². The number of rotatable bonds is 6. The molecule has 2 unspecified atom stereocenters. The Bertz CT molecular complexity index is 1380. The number of benzene rings is 3. The van der Waals surface area contributed by atoms with E-state index in [2.05, 4.69) is 29.6 Å². The summed E-state index contributed by atoms with van der Waals surface area (Å²) in [5, 5.41) is 2.83. The quantitative estimate of drug-likeness (QED) is 0.306. The van der Waals surface area contributed by atoms with Gasteiger partial charge in [0.2, 0.25) is 0 Å². The monoisotopic (exact) mass is 554 g/mol. The molecular formula is C33H34N2O6. The first-order valence-corrected chi connectivity index (χ1v) is 14.2. The van der Waals surface area contributed by atoms with Gasteiger partial charge in [-0.3, -0.25) is 0 Å². The van der Waals surface area contributed by atoms with Crippen molar-refractivity contribution < 1.29 is 28.6 Å². The fourth-order valence-corrected chi connectivity index (χ4v) is 6.89. The van der Waals surface area contributed by atoms with Crippen LogP contribution >= 0.6 is 0 Å². The van der Waals surface area contributed by atoms with Gasteiger partial charge in [0.15, 0.2) is 0 Å². The van der Waals surface area contributed by atoms with Crippen molar-refractivity contribution in [2.24, 2.45) is 0 Å². The van der Waals surface area contributed by atoms with Crippen molar-refractivity contribution in [1.29, 1.82) is 0 Å². The van der Waals surface area contributed by atoms with Crippen LogP contribution in [-0.4, -0.2) is 54.4 Å². The Morgan fingerprint density at radius 3 is 2.02 bits per heavy atom. The third-order valence-corrected chi connectivity index (χ3v) is 8.71. The van der Waals surface area contributed by atoms with Crippen molar-refractivity contribution in [3.8, 4) is 11.1 Å². The highest BCUT2D eigenvalue weighted by Gasteiger charge is 2.54. The zero-order chi connectivity index (χ0) is 28.4. The van der Waals surface area contributed by atoms with Crippen LogP contribution < -0.4 is 5.32 Å². The van der Waals surface area contributed by atoms with Crippen LogP contribution in [0.15, 0.2) is 78.9 Å². The molecule has 0 radical (unpaired) electrons. The first-order valence-electron chi connectivity index (χ1n) is 14.2. The van der Waals surface area contributed by atoms with Crippen LogP contribution in [0.3, 0.4) is 0 Å². The molecule has 1 aliphatic carbocycles. The predicted octanol–water partition coefficient (Wildman–Crippen LogP) is 5.79. The number of methoxy groups -OCH3 is 1. The molecule has 0 spiro atoms. The SMILES string of the molecule is COC(=O)C1(NC(=O)OCc2ccccc2)CC2CCCC(C1)N2C(=O)OCC1c2ccccc2-c2ccccc21. The van der Waals surface area contributed by atoms with Gasteiger partial charge in [0.25, 0.3) is 0 Å². The van der Waals surface area contributed by atoms with E-state index in [4.69, 9.17) is 14.2 Å². The molecule has 41 heavy (non-hydrogen) atoms. The van der Waals surface area contributed by atoms with Gasteiger partial charge in [-0.1, -0.05) is 78.9 Å². The van der Waals surface area contributed by atoms with Crippen molar-refractivity contribution in [1.82, 2.24) is 10.2 Å². The predicted molar refractivity (Wildman–Crippen MR) is 152 cm³/mol. The average Bonchev–Trinajstić information content (AvgIpc) is 3.32. The van der Waals surface area contributed by atoms with Gasteiger partial charge in [-0.15, -0.1) is 0 Å². The van der Waals surface area contributed by atoms with Crippen molar-refractivity contribution in [3.63, 3.8) is 0 Å². The van der Waals surface area contributed by atoms with Gasteiger partial charge >= 0.3 is 18.2 Å². The number of ether oxygens (including phenoxy) is 3. The van der Waals surface area contributed by atoms with E-state index in [1.807, 2.05) is 54.6 Å². The first kappa shape index (κ1) is 26.9. The van der Waals surface area contributed by atoms with Crippen molar-refractivity contribution in [2.75, 3.05) is 13.7 Å². The van der Waals surface area contributed by atoms with E-state index < -0.39 is 17.6 Å². The van der Waals surface area contributed by atoms with E-state index >= 15 is 0 Å². The van der Waals surface area contributed by atoms with Crippen molar-refractivity contribution in [3.05, 3.63) is 95.6 Å². The van der Waals surface area contributed by atoms with Gasteiger partial charge in [-0.25, -0.2) is 14.4 Å². The van der Waals surface area contributed by atoms with Gasteiger partial charge in [0, 0.05) is 30.8 Å². The number of piperidine rings is 2. The Kier molecular flexibility index (Phi) is 7.39. The van der Waals surface area contributed by atoms with Crippen LogP contribution in [0.1, 0.15) is 54.7 Å². The summed E-state index contributed by atoms with van der Waals surface area (Å²) in [4.78, 5) is 41.3. The summed E-state index contributed by atoms with van der Waals surface area (Å²) in [5.74, 6) is -0.565. The van der Waals surface area contributed by atoms with Crippen molar-refractivity contribution >= 4 is 18.2 Å². The molecule has 2 atom stereocenters. The van der Waals surface area contributed by atoms with Crippen molar-refractivity contribution in [2.45, 2.75) is 62.3 Å². The molecule has 2 fully saturated rings. The maximum atomic E-state index is 13.6. The highest BCUT2D eigenvalue weighted by Crippen LogP contribution is 2.45. The number of fused-ring (bicyclic) bond motifs is 5. The summed E-state index contributed by atoms with van der Waals surface area (Å²) in [5.41, 5.74) is 4.22. The third-order valence-electron chi connectivity index (χ3n) is 8.71. The first-order chi connectivity index (χ1) is 20.0. The van der Waals surface area contributed by atoms with Gasteiger partial charge in [-0.2, -0.15) is 0 Å². The largest absolute Gasteiger partial charge is 0.467 e. The highest BCUT2D eigenvalue weighted by atomic mass is 16.6. The minimum atomic E-state index is -1.28. The van der Waals surface area contributed by atoms with E-state index in [0.29, 0.717) is 12.8 Å². The van der Waals surface area contributed by atoms with Gasteiger partial charge in [0.1, 0.15) is 18.8 Å². The van der Waals surface area contributed by atoms with E-state index in [-0.39, 0.29) is 50.2 Å². The third kappa shape index (κ3) is 5.14. The summed E-state index contributed by atoms with van der Waals surface area (Å²) in [6, 6.07) is 25.3. The summed E-state index contributed by atoms with van der Waals surface area (Å²) in [7, 11) is 1.31. The molecule has 2 saturated heterocycles. The number of carbonyl (C=O) groups excluding carboxylic acids is 3. The molecule has 2 amide bonds. The molecule has 2 heterocycles. The second-order valence-corrected chi connectivity index (χ2v) is 11.1. The fraction of sp³-hybridized carbons (Fsp3) is 0.364. The number of nitrogens with one attached hydrogen (secondary N) is 1. The van der Waals surface area contributed by atoms with E-state index in [1.54, 1.807) is 4.90 Å². The minimum absolute atomic E-state index is 0.0359. The molecular weight excluding hydrogens is 520 g/mol. The standard InChI is InChI=1S/C33H34N2O6/c1-39-30(36)33(34-31(37)40-20-22-10-3-2-4-11-22)18-23-12-9-13-24(19-33)35(23)32(38)41-21-29-27-16-7-5-14-25(27)26-15-6-8-17-28(26)29/h2-8,10-11,14-17,23-24,29H,9,12-13,18-21H2,1H3,(H,34,37). The second-order valence-electron chi connectivity index (χ2n) is 11.1. The molecule has 0 saturated carbocycles. The zero-order valence-electron chi connectivity index (χ0n) is 23.1. The number of esters is 1. The maximum absolute atomic E-state index is 13.6. The summed E-state index contributed by atoms with van der Waals surface area (Å²) in [6.07, 6.45) is 1.75. The summed E-state index contributed by atoms with van der Waals surface area (Å²) >= 11 is 0. The average molecular weight is 555 g/mol. The number of hydrogen-bond donors (Lipinski definition) is 1. The maximum Gasteiger partial charge on any atom is 0.410 e. The topological polar surface area (TPSA) is 94.2 Å². The Morgan fingerprint density at radius 2 is 1.41 bits per heavy atom. The molecule has 1 N–H and O–H groups in total. The lowest BCUT2D eigenvalue weighted by Crippen LogP contribution is -2.68. The smallest absolute Gasteiger partial charge is 0.410 e. The Hall–Kier alpha value is -4.33. The lowest BCUT2D eigenvalue weighted by atomic mass is 9.73. The Balaban J connectivity index is 1.15. The summed E-state index contributed by atoms with van der Waals surface area (Å²) in [6.45, 7) is 0.317. The normalized spacial score (nSPS) is 22.7. The van der Waals surface area contributed by atoms with E-state index in [1.165, 1.54) is 18.2 Å². The second kappa shape index (κ2) is 11.3. The molecule has 8 nitrogen and oxygen atoms in total. The Labute approximate surface area is 239 Å². The number of nitrogens with zero attached hydrogens (tertiary/aromatic N) is 1. The van der Waals surface area contributed by atoms with Crippen LogP contribution in [0, 0.1) is 0 Å². The number of alkyl carbamates (subject to hydrolysis) is 1. The molecule has 3 aromatic rings. The lowest BCUT2D eigenvalue weighted by molar-refractivity contribution is -0.153. The molecule has 3 aliphatic rings. The van der Waals surface area contributed by atoms with Crippen LogP contribution in [0.5, 0.6) is 0 Å². The molecule has 2 bridgehead atoms. The zero-order valence-corrected chi connectivity index (χ0v) is 23.1. The molecule has 8 heteroatoms. The highest BCUT2D eigenvalue weighted by molar-refractivity contribution is 5.86. The lowest BCUT2D eigenvalue weighted by Gasteiger charge is -2.51. The Morgan fingerprint density at radius 1 is 0.829 bits per heavy atom.